The molecule has 1 fully saturated rings. The zero-order chi connectivity index (χ0) is 17.6. The van der Waals surface area contributed by atoms with Crippen molar-refractivity contribution in [3.63, 3.8) is 0 Å². The van der Waals surface area contributed by atoms with Crippen molar-refractivity contribution in [2.24, 2.45) is 0 Å². The first-order chi connectivity index (χ1) is 12.1. The average molecular weight is 350 g/mol. The summed E-state index contributed by atoms with van der Waals surface area (Å²) in [6.07, 6.45) is 1.97. The van der Waals surface area contributed by atoms with Gasteiger partial charge in [0.05, 0.1) is 37.8 Å². The van der Waals surface area contributed by atoms with Gasteiger partial charge >= 0.3 is 0 Å². The van der Waals surface area contributed by atoms with Gasteiger partial charge in [0.15, 0.2) is 11.6 Å². The number of rotatable bonds is 2. The molecule has 0 saturated carbocycles. The molecule has 2 aliphatic heterocycles. The van der Waals surface area contributed by atoms with E-state index in [1.807, 2.05) is 4.68 Å². The van der Waals surface area contributed by atoms with Crippen molar-refractivity contribution in [2.45, 2.75) is 25.2 Å². The maximum absolute atomic E-state index is 14.2. The maximum atomic E-state index is 14.2. The Morgan fingerprint density at radius 1 is 1.40 bits per heavy atom. The van der Waals surface area contributed by atoms with Crippen LogP contribution in [0.3, 0.4) is 0 Å². The summed E-state index contributed by atoms with van der Waals surface area (Å²) in [5.74, 6) is -2.88. The van der Waals surface area contributed by atoms with Gasteiger partial charge in [-0.3, -0.25) is 4.79 Å². The van der Waals surface area contributed by atoms with E-state index in [2.05, 4.69) is 10.3 Å². The van der Waals surface area contributed by atoms with Gasteiger partial charge in [-0.15, -0.1) is 5.10 Å². The average Bonchev–Trinajstić information content (AvgIpc) is 3.12. The molecule has 0 unspecified atom stereocenters. The number of hydrogen-bond donors (Lipinski definition) is 0. The second-order valence-electron chi connectivity index (χ2n) is 6.07. The molecule has 0 aliphatic carbocycles. The van der Waals surface area contributed by atoms with Crippen molar-refractivity contribution >= 4 is 5.91 Å². The van der Waals surface area contributed by atoms with E-state index in [9.17, 15) is 13.6 Å². The Labute approximate surface area is 142 Å². The number of piperidine rings is 1. The molecule has 9 heteroatoms. The highest BCUT2D eigenvalue weighted by Crippen LogP contribution is 2.32. The predicted molar refractivity (Wildman–Crippen MR) is 81.1 cm³/mol. The smallest absolute Gasteiger partial charge is 0.260 e. The first-order valence-corrected chi connectivity index (χ1v) is 7.92. The number of carbonyl (C=O) groups excluding carboxylic acids is 1. The summed E-state index contributed by atoms with van der Waals surface area (Å²) in [6, 6.07) is 2.17. The van der Waals surface area contributed by atoms with Crippen LogP contribution < -0.4 is 4.74 Å². The number of fused-ring (bicyclic) bond motifs is 3. The molecule has 1 saturated heterocycles. The zero-order valence-corrected chi connectivity index (χ0v) is 13.5. The topological polar surface area (TPSA) is 69.5 Å². The first-order valence-electron chi connectivity index (χ1n) is 7.92. The molecule has 2 aromatic rings. The Morgan fingerprint density at radius 3 is 3.04 bits per heavy atom. The summed E-state index contributed by atoms with van der Waals surface area (Å²) >= 11 is 0. The fourth-order valence-electron chi connectivity index (χ4n) is 3.43. The lowest BCUT2D eigenvalue weighted by Crippen LogP contribution is -2.50. The van der Waals surface area contributed by atoms with Crippen LogP contribution in [0.15, 0.2) is 18.3 Å². The summed E-state index contributed by atoms with van der Waals surface area (Å²) < 4.78 is 40.4. The number of ether oxygens (including phenoxy) is 2. The van der Waals surface area contributed by atoms with Crippen LogP contribution in [-0.4, -0.2) is 52.1 Å². The van der Waals surface area contributed by atoms with Crippen molar-refractivity contribution in [2.75, 3.05) is 20.2 Å². The quantitative estimate of drug-likeness (QED) is 0.822. The van der Waals surface area contributed by atoms with Gasteiger partial charge in [-0.1, -0.05) is 5.21 Å². The van der Waals surface area contributed by atoms with Crippen LogP contribution in [0.1, 0.15) is 28.5 Å². The fourth-order valence-corrected chi connectivity index (χ4v) is 3.43. The van der Waals surface area contributed by atoms with Crippen LogP contribution >= 0.6 is 0 Å². The summed E-state index contributed by atoms with van der Waals surface area (Å²) in [7, 11) is 1.31. The lowest BCUT2D eigenvalue weighted by atomic mass is 9.99. The number of halogens is 2. The van der Waals surface area contributed by atoms with E-state index in [1.54, 1.807) is 6.20 Å². The summed E-state index contributed by atoms with van der Waals surface area (Å²) in [6.45, 7) is 0.998. The van der Waals surface area contributed by atoms with Crippen LogP contribution in [-0.2, 0) is 11.3 Å². The Balaban J connectivity index is 1.59. The Hall–Kier alpha value is -2.55. The minimum absolute atomic E-state index is 0.00847. The van der Waals surface area contributed by atoms with Gasteiger partial charge in [-0.05, 0) is 18.6 Å². The van der Waals surface area contributed by atoms with Gasteiger partial charge in [0, 0.05) is 13.1 Å². The molecule has 132 valence electrons. The second kappa shape index (κ2) is 6.07. The molecule has 2 atom stereocenters. The van der Waals surface area contributed by atoms with E-state index < -0.39 is 23.1 Å². The van der Waals surface area contributed by atoms with Gasteiger partial charge in [0.2, 0.25) is 0 Å². The molecule has 3 heterocycles. The van der Waals surface area contributed by atoms with Gasteiger partial charge in [-0.25, -0.2) is 13.5 Å². The first kappa shape index (κ1) is 15.9. The molecular weight excluding hydrogens is 334 g/mol. The highest BCUT2D eigenvalue weighted by molar-refractivity contribution is 5.97. The van der Waals surface area contributed by atoms with Gasteiger partial charge < -0.3 is 14.4 Å². The van der Waals surface area contributed by atoms with E-state index >= 15 is 0 Å². The van der Waals surface area contributed by atoms with Crippen molar-refractivity contribution in [1.29, 1.82) is 0 Å². The number of aromatic nitrogens is 3. The van der Waals surface area contributed by atoms with E-state index in [0.29, 0.717) is 19.6 Å². The second-order valence-corrected chi connectivity index (χ2v) is 6.07. The number of amides is 1. The molecule has 1 amide bonds. The van der Waals surface area contributed by atoms with Gasteiger partial charge in [0.25, 0.3) is 5.91 Å². The molecule has 0 spiro atoms. The third-order valence-corrected chi connectivity index (χ3v) is 4.71. The van der Waals surface area contributed by atoms with E-state index in [4.69, 9.17) is 9.47 Å². The molecule has 25 heavy (non-hydrogen) atoms. The van der Waals surface area contributed by atoms with E-state index in [0.717, 1.165) is 11.8 Å². The van der Waals surface area contributed by atoms with Crippen LogP contribution in [0, 0.1) is 11.6 Å². The number of benzene rings is 1. The Bertz CT molecular complexity index is 826. The van der Waals surface area contributed by atoms with Crippen molar-refractivity contribution in [1.82, 2.24) is 19.9 Å². The zero-order valence-electron chi connectivity index (χ0n) is 13.5. The lowest BCUT2D eigenvalue weighted by molar-refractivity contribution is -0.0628. The number of likely N-dealkylation sites (tertiary alicyclic amines) is 1. The van der Waals surface area contributed by atoms with Gasteiger partial charge in [-0.2, -0.15) is 0 Å². The SMILES string of the molecule is COc1ccc(F)c(F)c1C(=O)N1CC[C@@H]2[C@@H](C1)OCc1cnnn12. The Kier molecular flexibility index (Phi) is 3.87. The molecule has 0 radical (unpaired) electrons. The third kappa shape index (κ3) is 2.55. The van der Waals surface area contributed by atoms with Crippen molar-refractivity contribution in [3.8, 4) is 5.75 Å². The monoisotopic (exact) mass is 350 g/mol. The molecule has 0 N–H and O–H groups in total. The molecule has 7 nitrogen and oxygen atoms in total. The van der Waals surface area contributed by atoms with Crippen LogP contribution in [0.5, 0.6) is 5.75 Å². The number of nitrogens with zero attached hydrogens (tertiary/aromatic N) is 4. The molecule has 1 aromatic heterocycles. The Morgan fingerprint density at radius 2 is 2.24 bits per heavy atom. The third-order valence-electron chi connectivity index (χ3n) is 4.71. The largest absolute Gasteiger partial charge is 0.496 e. The minimum Gasteiger partial charge on any atom is -0.496 e. The van der Waals surface area contributed by atoms with Crippen LogP contribution in [0.4, 0.5) is 8.78 Å². The number of methoxy groups -OCH3 is 1. The maximum Gasteiger partial charge on any atom is 0.260 e. The standard InChI is InChI=1S/C16H16F2N4O3/c1-24-12-3-2-10(17)15(18)14(12)16(23)21-5-4-11-13(7-21)25-8-9-6-19-20-22(9)11/h2-3,6,11,13H,4-5,7-8H2,1H3/t11-,13-/m1/s1. The highest BCUT2D eigenvalue weighted by atomic mass is 19.2. The molecular formula is C16H16F2N4O3. The summed E-state index contributed by atoms with van der Waals surface area (Å²) in [5, 5.41) is 7.96. The molecule has 1 aromatic carbocycles. The van der Waals surface area contributed by atoms with E-state index in [1.165, 1.54) is 18.1 Å². The summed E-state index contributed by atoms with van der Waals surface area (Å²) in [5.41, 5.74) is 0.497. The van der Waals surface area contributed by atoms with Crippen molar-refractivity contribution < 1.29 is 23.0 Å². The predicted octanol–water partition coefficient (Wildman–Crippen LogP) is 1.55. The summed E-state index contributed by atoms with van der Waals surface area (Å²) in [4.78, 5) is 14.2. The van der Waals surface area contributed by atoms with Crippen LogP contribution in [0.25, 0.3) is 0 Å². The van der Waals surface area contributed by atoms with E-state index in [-0.39, 0.29) is 24.4 Å². The normalized spacial score (nSPS) is 22.3. The number of carbonyl (C=O) groups is 1. The minimum atomic E-state index is -1.20. The molecule has 2 aliphatic rings. The lowest BCUT2D eigenvalue weighted by Gasteiger charge is -2.41. The molecule has 0 bridgehead atoms. The van der Waals surface area contributed by atoms with Gasteiger partial charge in [0.1, 0.15) is 11.3 Å². The highest BCUT2D eigenvalue weighted by Gasteiger charge is 2.39. The van der Waals surface area contributed by atoms with Crippen molar-refractivity contribution in [3.05, 3.63) is 41.2 Å². The van der Waals surface area contributed by atoms with Crippen LogP contribution in [0.2, 0.25) is 0 Å². The fraction of sp³-hybridized carbons (Fsp3) is 0.438. The molecule has 4 rings (SSSR count). The number of hydrogen-bond acceptors (Lipinski definition) is 5.